The fourth-order valence-electron chi connectivity index (χ4n) is 2.87. The van der Waals surface area contributed by atoms with Crippen LogP contribution < -0.4 is 15.8 Å². The third kappa shape index (κ3) is 4.04. The minimum Gasteiger partial charge on any atom is -0.492 e. The lowest BCUT2D eigenvalue weighted by atomic mass is 9.96. The Hall–Kier alpha value is -2.83. The van der Waals surface area contributed by atoms with Crippen molar-refractivity contribution in [3.05, 3.63) is 59.2 Å². The highest BCUT2D eigenvalue weighted by atomic mass is 35.5. The summed E-state index contributed by atoms with van der Waals surface area (Å²) in [6.45, 7) is 0.268. The second-order valence-corrected chi connectivity index (χ2v) is 5.68. The number of nitrogens with one attached hydrogen (secondary N) is 2. The van der Waals surface area contributed by atoms with E-state index in [1.165, 1.54) is 0 Å². The van der Waals surface area contributed by atoms with Crippen LogP contribution in [0.3, 0.4) is 0 Å². The molecule has 0 atom stereocenters. The topological polar surface area (TPSA) is 108 Å². The maximum absolute atomic E-state index is 12.1. The van der Waals surface area contributed by atoms with Gasteiger partial charge in [-0.25, -0.2) is 0 Å². The molecule has 0 aromatic heterocycles. The van der Waals surface area contributed by atoms with Crippen molar-refractivity contribution in [2.24, 2.45) is 5.73 Å². The summed E-state index contributed by atoms with van der Waals surface area (Å²) in [5.74, 6) is -0.110. The second kappa shape index (κ2) is 8.51. The van der Waals surface area contributed by atoms with E-state index < -0.39 is 5.91 Å². The number of carbonyl (C=O) groups is 1. The van der Waals surface area contributed by atoms with E-state index in [2.05, 4.69) is 5.32 Å². The fraction of sp³-hybridized carbons (Fsp3) is 0.158. The molecule has 7 heteroatoms. The molecule has 0 aliphatic carbocycles. The number of aliphatic hydroxyl groups excluding tert-OH is 1. The molecule has 6 nitrogen and oxygen atoms in total. The number of nitrogens with two attached hydrogens (primary N) is 1. The predicted molar refractivity (Wildman–Crippen MR) is 103 cm³/mol. The molecule has 0 unspecified atom stereocenters. The van der Waals surface area contributed by atoms with E-state index in [4.69, 9.17) is 15.9 Å². The highest BCUT2D eigenvalue weighted by Crippen LogP contribution is 2.37. The van der Waals surface area contributed by atoms with Crippen LogP contribution in [0.5, 0.6) is 5.75 Å². The normalized spacial score (nSPS) is 12.6. The van der Waals surface area contributed by atoms with Crippen LogP contribution in [-0.2, 0) is 11.4 Å². The fourth-order valence-corrected chi connectivity index (χ4v) is 2.87. The van der Waals surface area contributed by atoms with Gasteiger partial charge >= 0.3 is 0 Å². The molecular formula is C19H20ClN3O3. The van der Waals surface area contributed by atoms with Crippen LogP contribution in [-0.4, -0.2) is 23.6 Å². The summed E-state index contributed by atoms with van der Waals surface area (Å²) in [5, 5.41) is 19.1. The van der Waals surface area contributed by atoms with Crippen molar-refractivity contribution >= 4 is 30.3 Å². The first-order valence-corrected chi connectivity index (χ1v) is 7.91. The number of hydrogen-bond donors (Lipinski definition) is 4. The number of hydrogen-bond acceptors (Lipinski definition) is 4. The van der Waals surface area contributed by atoms with Crippen molar-refractivity contribution in [2.45, 2.75) is 13.0 Å². The second-order valence-electron chi connectivity index (χ2n) is 5.68. The van der Waals surface area contributed by atoms with Gasteiger partial charge in [0.1, 0.15) is 5.75 Å². The lowest BCUT2D eigenvalue weighted by molar-refractivity contribution is -0.116. The van der Waals surface area contributed by atoms with E-state index in [-0.39, 0.29) is 25.0 Å². The molecule has 0 bridgehead atoms. The molecule has 0 saturated heterocycles. The Morgan fingerprint density at radius 1 is 1.19 bits per heavy atom. The van der Waals surface area contributed by atoms with Crippen molar-refractivity contribution in [3.63, 3.8) is 0 Å². The molecule has 1 aliphatic rings. The molecular weight excluding hydrogens is 354 g/mol. The van der Waals surface area contributed by atoms with Crippen molar-refractivity contribution < 1.29 is 14.6 Å². The quantitative estimate of drug-likeness (QED) is 0.489. The first kappa shape index (κ1) is 19.5. The average Bonchev–Trinajstić information content (AvgIpc) is 2.83. The van der Waals surface area contributed by atoms with Gasteiger partial charge in [0.05, 0.1) is 13.2 Å². The molecule has 0 saturated carbocycles. The van der Waals surface area contributed by atoms with Crippen LogP contribution in [0.25, 0.3) is 17.2 Å². The summed E-state index contributed by atoms with van der Waals surface area (Å²) in [7, 11) is 0. The molecule has 0 spiro atoms. The Labute approximate surface area is 157 Å². The number of rotatable bonds is 3. The van der Waals surface area contributed by atoms with Gasteiger partial charge in [0, 0.05) is 23.1 Å². The lowest BCUT2D eigenvalue weighted by Crippen LogP contribution is -2.36. The van der Waals surface area contributed by atoms with Crippen LogP contribution in [0.2, 0.25) is 0 Å². The smallest absolute Gasteiger partial charge is 0.254 e. The van der Waals surface area contributed by atoms with Crippen LogP contribution in [0.1, 0.15) is 17.5 Å². The molecule has 1 heterocycles. The molecule has 2 aromatic rings. The van der Waals surface area contributed by atoms with Crippen molar-refractivity contribution in [2.75, 3.05) is 6.61 Å². The van der Waals surface area contributed by atoms with E-state index in [1.807, 2.05) is 42.5 Å². The van der Waals surface area contributed by atoms with Crippen LogP contribution in [0.15, 0.2) is 48.0 Å². The zero-order valence-corrected chi connectivity index (χ0v) is 14.8. The maximum atomic E-state index is 12.1. The summed E-state index contributed by atoms with van der Waals surface area (Å²) in [5.41, 5.74) is 9.08. The van der Waals surface area contributed by atoms with Crippen LogP contribution >= 0.6 is 12.4 Å². The highest BCUT2D eigenvalue weighted by Gasteiger charge is 2.19. The standard InChI is InChI=1S/C19H19N3O3.ClH/c20-19(21)22-18(24)13-8-9-25-17-12(10-13)5-3-7-16(17)15-6-2-1-4-14(15)11-23;/h1-7,10,23H,8-9,11H2,(H4,20,21,22,24);1H. The molecule has 1 aliphatic heterocycles. The molecule has 2 aromatic carbocycles. The minimum atomic E-state index is -0.398. The first-order valence-electron chi connectivity index (χ1n) is 7.91. The molecule has 3 rings (SSSR count). The Balaban J connectivity index is 0.00000243. The number of ether oxygens (including phenoxy) is 1. The zero-order valence-electron chi connectivity index (χ0n) is 14.0. The van der Waals surface area contributed by atoms with Gasteiger partial charge in [0.15, 0.2) is 5.96 Å². The van der Waals surface area contributed by atoms with Gasteiger partial charge in [-0.2, -0.15) is 0 Å². The number of amides is 1. The number of para-hydroxylation sites is 1. The molecule has 1 amide bonds. The molecule has 5 N–H and O–H groups in total. The summed E-state index contributed by atoms with van der Waals surface area (Å²) in [6, 6.07) is 13.3. The minimum absolute atomic E-state index is 0. The number of guanidine groups is 1. The number of carbonyl (C=O) groups excluding carboxylic acids is 1. The predicted octanol–water partition coefficient (Wildman–Crippen LogP) is 2.44. The third-order valence-corrected chi connectivity index (χ3v) is 4.01. The number of halogens is 1. The number of fused-ring (bicyclic) bond motifs is 1. The third-order valence-electron chi connectivity index (χ3n) is 4.01. The molecule has 136 valence electrons. The number of aliphatic hydroxyl groups is 1. The van der Waals surface area contributed by atoms with E-state index in [0.717, 1.165) is 22.3 Å². The van der Waals surface area contributed by atoms with Gasteiger partial charge in [0.25, 0.3) is 5.91 Å². The van der Waals surface area contributed by atoms with Crippen LogP contribution in [0, 0.1) is 5.41 Å². The first-order chi connectivity index (χ1) is 12.1. The van der Waals surface area contributed by atoms with Gasteiger partial charge in [-0.05, 0) is 17.2 Å². The lowest BCUT2D eigenvalue weighted by Gasteiger charge is -2.14. The Bertz CT molecular complexity index is 865. The van der Waals surface area contributed by atoms with E-state index >= 15 is 0 Å². The zero-order chi connectivity index (χ0) is 17.8. The van der Waals surface area contributed by atoms with Gasteiger partial charge < -0.3 is 15.6 Å². The summed E-state index contributed by atoms with van der Waals surface area (Å²) >= 11 is 0. The molecule has 0 radical (unpaired) electrons. The van der Waals surface area contributed by atoms with Crippen LogP contribution in [0.4, 0.5) is 0 Å². The largest absolute Gasteiger partial charge is 0.492 e. The van der Waals surface area contributed by atoms with Crippen molar-refractivity contribution in [1.82, 2.24) is 5.32 Å². The van der Waals surface area contributed by atoms with Gasteiger partial charge in [-0.3, -0.25) is 15.5 Å². The average molecular weight is 374 g/mol. The van der Waals surface area contributed by atoms with Crippen molar-refractivity contribution in [1.29, 1.82) is 5.41 Å². The maximum Gasteiger partial charge on any atom is 0.254 e. The molecule has 26 heavy (non-hydrogen) atoms. The highest BCUT2D eigenvalue weighted by molar-refractivity contribution is 6.06. The van der Waals surface area contributed by atoms with E-state index in [0.29, 0.717) is 24.4 Å². The van der Waals surface area contributed by atoms with Gasteiger partial charge in [-0.1, -0.05) is 42.5 Å². The number of benzene rings is 2. The van der Waals surface area contributed by atoms with E-state index in [9.17, 15) is 9.90 Å². The monoisotopic (exact) mass is 373 g/mol. The summed E-state index contributed by atoms with van der Waals surface area (Å²) in [6.07, 6.45) is 2.17. The van der Waals surface area contributed by atoms with Gasteiger partial charge in [0.2, 0.25) is 0 Å². The van der Waals surface area contributed by atoms with Gasteiger partial charge in [-0.15, -0.1) is 12.4 Å². The van der Waals surface area contributed by atoms with Crippen molar-refractivity contribution in [3.8, 4) is 16.9 Å². The van der Waals surface area contributed by atoms with E-state index in [1.54, 1.807) is 6.08 Å². The Morgan fingerprint density at radius 3 is 2.65 bits per heavy atom. The summed E-state index contributed by atoms with van der Waals surface area (Å²) < 4.78 is 5.92. The summed E-state index contributed by atoms with van der Waals surface area (Å²) in [4.78, 5) is 12.1. The molecule has 0 fully saturated rings. The Kier molecular flexibility index (Phi) is 6.38. The Morgan fingerprint density at radius 2 is 1.92 bits per heavy atom. The SMILES string of the molecule is Cl.N=C(N)NC(=O)C1=Cc2cccc(-c3ccccc3CO)c2OCC1.